The number of pyridine rings is 1. The number of carbonyl (C=O) groups is 1. The van der Waals surface area contributed by atoms with E-state index in [-0.39, 0.29) is 23.0 Å². The Hall–Kier alpha value is -3.17. The molecule has 0 saturated carbocycles. The average molecular weight is 387 g/mol. The van der Waals surface area contributed by atoms with Crippen LogP contribution in [0.1, 0.15) is 21.6 Å². The first-order chi connectivity index (χ1) is 12.9. The van der Waals surface area contributed by atoms with Gasteiger partial charge in [-0.2, -0.15) is 10.2 Å². The van der Waals surface area contributed by atoms with Crippen molar-refractivity contribution in [2.45, 2.75) is 20.4 Å². The lowest BCUT2D eigenvalue weighted by atomic mass is 10.2. The Morgan fingerprint density at radius 3 is 2.63 bits per heavy atom. The second-order valence-electron chi connectivity index (χ2n) is 5.97. The Labute approximate surface area is 160 Å². The van der Waals surface area contributed by atoms with E-state index >= 15 is 0 Å². The predicted octanol–water partition coefficient (Wildman–Crippen LogP) is 1.69. The Morgan fingerprint density at radius 1 is 1.30 bits per heavy atom. The number of nitrogens with one attached hydrogen (secondary N) is 2. The van der Waals surface area contributed by atoms with Crippen LogP contribution in [-0.4, -0.2) is 26.5 Å². The molecule has 1 aromatic carbocycles. The highest BCUT2D eigenvalue weighted by atomic mass is 35.5. The van der Waals surface area contributed by atoms with Crippen molar-refractivity contribution in [2.75, 3.05) is 5.32 Å². The lowest BCUT2D eigenvalue weighted by Crippen LogP contribution is -2.34. The number of amidine groups is 1. The monoisotopic (exact) mass is 386 g/mol. The van der Waals surface area contributed by atoms with E-state index < -0.39 is 0 Å². The zero-order chi connectivity index (χ0) is 19.6. The first-order valence-corrected chi connectivity index (χ1v) is 8.45. The molecular formula is C17H19ClN8O. The second kappa shape index (κ2) is 7.60. The van der Waals surface area contributed by atoms with Crippen LogP contribution >= 0.6 is 11.6 Å². The summed E-state index contributed by atoms with van der Waals surface area (Å²) < 4.78 is 1.56. The summed E-state index contributed by atoms with van der Waals surface area (Å²) >= 11 is 6.50. The van der Waals surface area contributed by atoms with Gasteiger partial charge in [-0.15, -0.1) is 0 Å². The summed E-state index contributed by atoms with van der Waals surface area (Å²) in [4.78, 5) is 17.0. The highest BCUT2D eigenvalue weighted by Gasteiger charge is 2.20. The summed E-state index contributed by atoms with van der Waals surface area (Å²) in [6.45, 7) is 3.94. The lowest BCUT2D eigenvalue weighted by Gasteiger charge is -2.08. The molecule has 0 bridgehead atoms. The highest BCUT2D eigenvalue weighted by molar-refractivity contribution is 6.39. The van der Waals surface area contributed by atoms with Crippen molar-refractivity contribution in [1.82, 2.24) is 20.2 Å². The molecule has 3 rings (SSSR count). The number of carbonyl (C=O) groups excluding carboxylic acids is 1. The van der Waals surface area contributed by atoms with Gasteiger partial charge >= 0.3 is 0 Å². The van der Waals surface area contributed by atoms with Crippen LogP contribution in [0.25, 0.3) is 11.0 Å². The summed E-state index contributed by atoms with van der Waals surface area (Å²) in [7, 11) is 0. The molecule has 2 heterocycles. The molecule has 0 aliphatic rings. The minimum atomic E-state index is -0.349. The van der Waals surface area contributed by atoms with Crippen LogP contribution < -0.4 is 22.4 Å². The summed E-state index contributed by atoms with van der Waals surface area (Å²) in [5, 5.41) is 11.6. The van der Waals surface area contributed by atoms with Crippen molar-refractivity contribution >= 4 is 40.1 Å². The molecule has 2 aromatic heterocycles. The topological polar surface area (TPSA) is 136 Å². The Kier molecular flexibility index (Phi) is 5.24. The number of halogens is 1. The minimum absolute atomic E-state index is 0.190. The third-order valence-electron chi connectivity index (χ3n) is 4.05. The minimum Gasteiger partial charge on any atom is -0.322 e. The van der Waals surface area contributed by atoms with Crippen LogP contribution in [0.2, 0.25) is 5.02 Å². The fourth-order valence-corrected chi connectivity index (χ4v) is 3.00. The number of aromatic nitrogens is 3. The van der Waals surface area contributed by atoms with Gasteiger partial charge in [0.25, 0.3) is 5.91 Å². The zero-order valence-electron chi connectivity index (χ0n) is 14.8. The number of aryl methyl sites for hydroxylation is 2. The SMILES string of the molecule is Cc1ccc(NC(=O)c2cnc3c(c(C)nn3C/C(=N/N)NN)c2Cl)cc1. The molecule has 9 nitrogen and oxygen atoms in total. The van der Waals surface area contributed by atoms with Gasteiger partial charge in [-0.3, -0.25) is 4.79 Å². The van der Waals surface area contributed by atoms with Crippen molar-refractivity contribution in [3.05, 3.63) is 52.3 Å². The van der Waals surface area contributed by atoms with Gasteiger partial charge in [0.15, 0.2) is 11.5 Å². The van der Waals surface area contributed by atoms with E-state index in [1.807, 2.05) is 31.2 Å². The molecule has 0 spiro atoms. The van der Waals surface area contributed by atoms with Crippen LogP contribution in [-0.2, 0) is 6.54 Å². The van der Waals surface area contributed by atoms with E-state index in [2.05, 4.69) is 25.9 Å². The van der Waals surface area contributed by atoms with Gasteiger partial charge in [0.05, 0.1) is 21.7 Å². The van der Waals surface area contributed by atoms with Crippen molar-refractivity contribution < 1.29 is 4.79 Å². The van der Waals surface area contributed by atoms with E-state index in [1.165, 1.54) is 6.20 Å². The summed E-state index contributed by atoms with van der Waals surface area (Å²) in [6, 6.07) is 7.47. The molecular weight excluding hydrogens is 368 g/mol. The Balaban J connectivity index is 1.96. The highest BCUT2D eigenvalue weighted by Crippen LogP contribution is 2.29. The molecule has 140 valence electrons. The van der Waals surface area contributed by atoms with E-state index in [9.17, 15) is 4.79 Å². The summed E-state index contributed by atoms with van der Waals surface area (Å²) in [5.41, 5.74) is 5.55. The number of benzene rings is 1. The molecule has 27 heavy (non-hydrogen) atoms. The number of nitrogens with two attached hydrogens (primary N) is 2. The van der Waals surface area contributed by atoms with E-state index in [0.29, 0.717) is 28.3 Å². The zero-order valence-corrected chi connectivity index (χ0v) is 15.6. The maximum Gasteiger partial charge on any atom is 0.258 e. The molecule has 10 heteroatoms. The van der Waals surface area contributed by atoms with E-state index in [4.69, 9.17) is 23.3 Å². The standard InChI is InChI=1S/C17H19ClN8O/c1-9-3-5-11(6-4-9)22-17(27)12-7-21-16-14(15(12)18)10(2)25-26(16)8-13(23-19)24-20/h3-7H,8,19-20H2,1-2H3,(H,22,27)(H,23,24). The van der Waals surface area contributed by atoms with Gasteiger partial charge < -0.3 is 16.6 Å². The first-order valence-electron chi connectivity index (χ1n) is 8.07. The van der Waals surface area contributed by atoms with Crippen LogP contribution in [0.4, 0.5) is 5.69 Å². The van der Waals surface area contributed by atoms with E-state index in [0.717, 1.165) is 5.56 Å². The molecule has 0 fully saturated rings. The normalized spacial score (nSPS) is 11.6. The van der Waals surface area contributed by atoms with Crippen molar-refractivity contribution in [3.63, 3.8) is 0 Å². The van der Waals surface area contributed by atoms with Crippen LogP contribution in [0, 0.1) is 13.8 Å². The van der Waals surface area contributed by atoms with Gasteiger partial charge in [0, 0.05) is 11.9 Å². The number of amides is 1. The van der Waals surface area contributed by atoms with Gasteiger partial charge in [-0.25, -0.2) is 15.5 Å². The van der Waals surface area contributed by atoms with Gasteiger partial charge in [-0.05, 0) is 26.0 Å². The molecule has 0 aliphatic heterocycles. The fourth-order valence-electron chi connectivity index (χ4n) is 2.64. The third-order valence-corrected chi connectivity index (χ3v) is 4.44. The van der Waals surface area contributed by atoms with Gasteiger partial charge in [0.1, 0.15) is 6.54 Å². The van der Waals surface area contributed by atoms with Crippen LogP contribution in [0.5, 0.6) is 0 Å². The lowest BCUT2D eigenvalue weighted by molar-refractivity contribution is 0.102. The number of hydrazine groups is 1. The maximum atomic E-state index is 12.6. The number of anilines is 1. The second-order valence-corrected chi connectivity index (χ2v) is 6.35. The van der Waals surface area contributed by atoms with Gasteiger partial charge in [-0.1, -0.05) is 29.3 Å². The number of fused-ring (bicyclic) bond motifs is 1. The van der Waals surface area contributed by atoms with Crippen LogP contribution in [0.15, 0.2) is 35.6 Å². The number of nitrogens with zero attached hydrogens (tertiary/aromatic N) is 4. The van der Waals surface area contributed by atoms with Crippen molar-refractivity contribution in [1.29, 1.82) is 0 Å². The molecule has 0 atom stereocenters. The maximum absolute atomic E-state index is 12.6. The van der Waals surface area contributed by atoms with Crippen molar-refractivity contribution in [3.8, 4) is 0 Å². The first kappa shape index (κ1) is 18.6. The van der Waals surface area contributed by atoms with Crippen LogP contribution in [0.3, 0.4) is 0 Å². The van der Waals surface area contributed by atoms with Crippen molar-refractivity contribution in [2.24, 2.45) is 16.8 Å². The van der Waals surface area contributed by atoms with Gasteiger partial charge in [0.2, 0.25) is 0 Å². The molecule has 0 unspecified atom stereocenters. The molecule has 0 radical (unpaired) electrons. The summed E-state index contributed by atoms with van der Waals surface area (Å²) in [6.07, 6.45) is 1.42. The largest absolute Gasteiger partial charge is 0.322 e. The molecule has 3 aromatic rings. The number of hydrogen-bond donors (Lipinski definition) is 4. The number of hydrazone groups is 1. The number of rotatable bonds is 4. The Bertz CT molecular complexity index is 1030. The number of hydrogen-bond acceptors (Lipinski definition) is 6. The average Bonchev–Trinajstić information content (AvgIpc) is 2.98. The summed E-state index contributed by atoms with van der Waals surface area (Å²) in [5.74, 6) is 10.6. The molecule has 1 amide bonds. The molecule has 6 N–H and O–H groups in total. The molecule has 0 saturated heterocycles. The smallest absolute Gasteiger partial charge is 0.258 e. The van der Waals surface area contributed by atoms with E-state index in [1.54, 1.807) is 11.6 Å². The quantitative estimate of drug-likeness (QED) is 0.233. The molecule has 0 aliphatic carbocycles. The third kappa shape index (κ3) is 3.69. The fraction of sp³-hybridized carbons (Fsp3) is 0.176. The Morgan fingerprint density at radius 2 is 2.00 bits per heavy atom. The predicted molar refractivity (Wildman–Crippen MR) is 105 cm³/mol.